The zero-order chi connectivity index (χ0) is 14.5. The smallest absolute Gasteiger partial charge is 0.161 e. The quantitative estimate of drug-likeness (QED) is 0.849. The molecule has 0 aromatic carbocycles. The number of ether oxygens (including phenoxy) is 1. The third-order valence-electron chi connectivity index (χ3n) is 3.38. The Hall–Kier alpha value is -1.33. The highest BCUT2D eigenvalue weighted by atomic mass is 32.1. The van der Waals surface area contributed by atoms with Crippen LogP contribution < -0.4 is 10.5 Å². The van der Waals surface area contributed by atoms with Crippen LogP contribution in [-0.4, -0.2) is 16.9 Å². The second-order valence-corrected chi connectivity index (χ2v) is 6.25. The molecule has 2 aromatic rings. The van der Waals surface area contributed by atoms with Crippen molar-refractivity contribution in [3.63, 3.8) is 0 Å². The van der Waals surface area contributed by atoms with E-state index in [-0.39, 0.29) is 12.1 Å². The number of aromatic nitrogens is 2. The molecule has 0 spiro atoms. The van der Waals surface area contributed by atoms with Crippen LogP contribution in [-0.2, 0) is 6.42 Å². The summed E-state index contributed by atoms with van der Waals surface area (Å²) < 4.78 is 7.36. The Bertz CT molecular complexity index is 519. The fourth-order valence-electron chi connectivity index (χ4n) is 2.37. The number of nitrogens with zero attached hydrogens (tertiary/aromatic N) is 2. The van der Waals surface area contributed by atoms with Gasteiger partial charge in [0.05, 0.1) is 25.0 Å². The molecule has 5 heteroatoms. The minimum absolute atomic E-state index is 0.0326. The van der Waals surface area contributed by atoms with E-state index in [1.165, 1.54) is 4.88 Å². The van der Waals surface area contributed by atoms with Gasteiger partial charge in [-0.25, -0.2) is 0 Å². The maximum Gasteiger partial charge on any atom is 0.161 e. The lowest BCUT2D eigenvalue weighted by molar-refractivity contribution is 0.393. The lowest BCUT2D eigenvalue weighted by Gasteiger charge is -2.17. The summed E-state index contributed by atoms with van der Waals surface area (Å²) in [4.78, 5) is 1.42. The SMILES string of the molecule is COc1cnn(C(C)C)c1C(N)CCCc1cccs1. The Morgan fingerprint density at radius 3 is 2.85 bits per heavy atom. The summed E-state index contributed by atoms with van der Waals surface area (Å²) in [6, 6.07) is 4.53. The molecule has 1 atom stereocenters. The van der Waals surface area contributed by atoms with Crippen LogP contribution in [0.2, 0.25) is 0 Å². The van der Waals surface area contributed by atoms with Crippen LogP contribution >= 0.6 is 11.3 Å². The zero-order valence-electron chi connectivity index (χ0n) is 12.4. The van der Waals surface area contributed by atoms with E-state index in [1.807, 2.05) is 4.68 Å². The normalized spacial score (nSPS) is 12.8. The van der Waals surface area contributed by atoms with Crippen molar-refractivity contribution in [3.8, 4) is 5.75 Å². The second kappa shape index (κ2) is 6.90. The minimum atomic E-state index is -0.0326. The Morgan fingerprint density at radius 1 is 1.45 bits per heavy atom. The number of rotatable bonds is 7. The van der Waals surface area contributed by atoms with Gasteiger partial charge in [-0.3, -0.25) is 4.68 Å². The Balaban J connectivity index is 2.00. The third kappa shape index (κ3) is 3.41. The van der Waals surface area contributed by atoms with Crippen LogP contribution in [0.4, 0.5) is 0 Å². The Kier molecular flexibility index (Phi) is 5.20. The van der Waals surface area contributed by atoms with E-state index in [0.717, 1.165) is 30.7 Å². The van der Waals surface area contributed by atoms with Crippen LogP contribution in [0.1, 0.15) is 49.3 Å². The van der Waals surface area contributed by atoms with Gasteiger partial charge < -0.3 is 10.5 Å². The molecule has 1 unspecified atom stereocenters. The average molecular weight is 293 g/mol. The summed E-state index contributed by atoms with van der Waals surface area (Å²) >= 11 is 1.80. The van der Waals surface area contributed by atoms with Gasteiger partial charge in [-0.15, -0.1) is 11.3 Å². The molecule has 0 radical (unpaired) electrons. The summed E-state index contributed by atoms with van der Waals surface area (Å²) in [5.41, 5.74) is 7.36. The van der Waals surface area contributed by atoms with Crippen molar-refractivity contribution in [1.29, 1.82) is 0 Å². The van der Waals surface area contributed by atoms with Gasteiger partial charge in [0.15, 0.2) is 5.75 Å². The second-order valence-electron chi connectivity index (χ2n) is 5.21. The molecular weight excluding hydrogens is 270 g/mol. The van der Waals surface area contributed by atoms with Gasteiger partial charge in [-0.1, -0.05) is 6.07 Å². The van der Waals surface area contributed by atoms with Gasteiger partial charge in [-0.2, -0.15) is 5.10 Å². The number of nitrogens with two attached hydrogens (primary N) is 1. The molecule has 110 valence electrons. The third-order valence-corrected chi connectivity index (χ3v) is 4.31. The van der Waals surface area contributed by atoms with Crippen molar-refractivity contribution in [2.45, 2.75) is 45.2 Å². The maximum atomic E-state index is 6.36. The Labute approximate surface area is 124 Å². The first-order valence-electron chi connectivity index (χ1n) is 7.02. The number of thiophene rings is 1. The van der Waals surface area contributed by atoms with Crippen molar-refractivity contribution in [3.05, 3.63) is 34.3 Å². The molecule has 4 nitrogen and oxygen atoms in total. The molecule has 0 bridgehead atoms. The first kappa shape index (κ1) is 15.1. The molecule has 0 aliphatic rings. The molecule has 0 saturated heterocycles. The molecular formula is C15H23N3OS. The van der Waals surface area contributed by atoms with Crippen LogP contribution in [0, 0.1) is 0 Å². The maximum absolute atomic E-state index is 6.36. The summed E-state index contributed by atoms with van der Waals surface area (Å²) in [7, 11) is 1.67. The molecule has 2 heterocycles. The number of aryl methyl sites for hydroxylation is 1. The van der Waals surface area contributed by atoms with Gasteiger partial charge in [0.1, 0.15) is 0 Å². The molecule has 0 fully saturated rings. The van der Waals surface area contributed by atoms with Gasteiger partial charge in [0.25, 0.3) is 0 Å². The minimum Gasteiger partial charge on any atom is -0.493 e. The highest BCUT2D eigenvalue weighted by molar-refractivity contribution is 7.09. The average Bonchev–Trinajstić information content (AvgIpc) is 3.07. The molecule has 20 heavy (non-hydrogen) atoms. The fourth-order valence-corrected chi connectivity index (χ4v) is 3.12. The van der Waals surface area contributed by atoms with Crippen LogP contribution in [0.25, 0.3) is 0 Å². The predicted octanol–water partition coefficient (Wildman–Crippen LogP) is 3.56. The molecule has 0 saturated carbocycles. The van der Waals surface area contributed by atoms with E-state index in [4.69, 9.17) is 10.5 Å². The molecule has 2 N–H and O–H groups in total. The van der Waals surface area contributed by atoms with Crippen LogP contribution in [0.3, 0.4) is 0 Å². The van der Waals surface area contributed by atoms with Gasteiger partial charge >= 0.3 is 0 Å². The van der Waals surface area contributed by atoms with E-state index in [2.05, 4.69) is 36.5 Å². The van der Waals surface area contributed by atoms with E-state index >= 15 is 0 Å². The van der Waals surface area contributed by atoms with Gasteiger partial charge in [-0.05, 0) is 44.6 Å². The van der Waals surface area contributed by atoms with Crippen molar-refractivity contribution in [1.82, 2.24) is 9.78 Å². The summed E-state index contributed by atoms with van der Waals surface area (Å²) in [6.07, 6.45) is 4.86. The monoisotopic (exact) mass is 293 g/mol. The molecule has 2 aromatic heterocycles. The summed E-state index contributed by atoms with van der Waals surface area (Å²) in [6.45, 7) is 4.21. The number of hydrogen-bond donors (Lipinski definition) is 1. The first-order chi connectivity index (χ1) is 9.63. The van der Waals surface area contributed by atoms with E-state index in [9.17, 15) is 0 Å². The van der Waals surface area contributed by atoms with Crippen LogP contribution in [0.5, 0.6) is 5.75 Å². The lowest BCUT2D eigenvalue weighted by Crippen LogP contribution is -2.18. The van der Waals surface area contributed by atoms with E-state index in [1.54, 1.807) is 24.6 Å². The fraction of sp³-hybridized carbons (Fsp3) is 0.533. The highest BCUT2D eigenvalue weighted by Gasteiger charge is 2.20. The summed E-state index contributed by atoms with van der Waals surface area (Å²) in [5, 5.41) is 6.50. The highest BCUT2D eigenvalue weighted by Crippen LogP contribution is 2.29. The standard InChI is InChI=1S/C15H23N3OS/c1-11(2)18-15(14(19-3)10-17-18)13(16)8-4-6-12-7-5-9-20-12/h5,7,9-11,13H,4,6,8,16H2,1-3H3. The molecule has 0 aliphatic heterocycles. The van der Waals surface area contributed by atoms with Crippen molar-refractivity contribution in [2.75, 3.05) is 7.11 Å². The van der Waals surface area contributed by atoms with E-state index < -0.39 is 0 Å². The predicted molar refractivity (Wildman–Crippen MR) is 83.3 cm³/mol. The van der Waals surface area contributed by atoms with Crippen molar-refractivity contribution in [2.24, 2.45) is 5.73 Å². The Morgan fingerprint density at radius 2 is 2.25 bits per heavy atom. The lowest BCUT2D eigenvalue weighted by atomic mass is 10.1. The first-order valence-corrected chi connectivity index (χ1v) is 7.90. The van der Waals surface area contributed by atoms with Gasteiger partial charge in [0, 0.05) is 10.9 Å². The van der Waals surface area contributed by atoms with Crippen molar-refractivity contribution >= 4 is 11.3 Å². The zero-order valence-corrected chi connectivity index (χ0v) is 13.2. The number of methoxy groups -OCH3 is 1. The molecule has 0 aliphatic carbocycles. The van der Waals surface area contributed by atoms with Crippen molar-refractivity contribution < 1.29 is 4.74 Å². The summed E-state index contributed by atoms with van der Waals surface area (Å²) in [5.74, 6) is 0.794. The molecule has 2 rings (SSSR count). The largest absolute Gasteiger partial charge is 0.493 e. The topological polar surface area (TPSA) is 53.1 Å². The number of hydrogen-bond acceptors (Lipinski definition) is 4. The van der Waals surface area contributed by atoms with Gasteiger partial charge in [0.2, 0.25) is 0 Å². The van der Waals surface area contributed by atoms with Crippen LogP contribution in [0.15, 0.2) is 23.7 Å². The van der Waals surface area contributed by atoms with E-state index in [0.29, 0.717) is 0 Å². The molecule has 0 amide bonds.